The summed E-state index contributed by atoms with van der Waals surface area (Å²) in [6, 6.07) is 0.834. The SMILES string of the molecule is CNc1ncc(C(F)(F)F)cc1Cl. The fraction of sp³-hybridized carbons (Fsp3) is 0.286. The molecule has 1 aromatic heterocycles. The van der Waals surface area contributed by atoms with E-state index < -0.39 is 11.7 Å². The largest absolute Gasteiger partial charge is 0.417 e. The second-order valence-electron chi connectivity index (χ2n) is 2.30. The molecule has 0 amide bonds. The number of rotatable bonds is 1. The Balaban J connectivity index is 3.10. The van der Waals surface area contributed by atoms with Gasteiger partial charge in [0, 0.05) is 13.2 Å². The molecule has 0 aliphatic carbocycles. The average molecular weight is 211 g/mol. The van der Waals surface area contributed by atoms with Gasteiger partial charge in [0.25, 0.3) is 0 Å². The molecule has 1 aromatic rings. The number of hydrogen-bond donors (Lipinski definition) is 1. The molecular weight excluding hydrogens is 205 g/mol. The minimum absolute atomic E-state index is 0.0441. The molecular formula is C7H6ClF3N2. The van der Waals surface area contributed by atoms with E-state index in [1.807, 2.05) is 0 Å². The first-order chi connectivity index (χ1) is 5.95. The van der Waals surface area contributed by atoms with Crippen LogP contribution in [-0.4, -0.2) is 12.0 Å². The number of aromatic nitrogens is 1. The maximum absolute atomic E-state index is 12.1. The third kappa shape index (κ3) is 2.24. The summed E-state index contributed by atoms with van der Waals surface area (Å²) in [5.74, 6) is 0.231. The lowest BCUT2D eigenvalue weighted by atomic mass is 10.3. The second kappa shape index (κ2) is 3.41. The monoisotopic (exact) mass is 210 g/mol. The van der Waals surface area contributed by atoms with Gasteiger partial charge >= 0.3 is 6.18 Å². The van der Waals surface area contributed by atoms with E-state index in [1.54, 1.807) is 0 Å². The van der Waals surface area contributed by atoms with Gasteiger partial charge in [-0.1, -0.05) is 11.6 Å². The fourth-order valence-electron chi connectivity index (χ4n) is 0.777. The summed E-state index contributed by atoms with van der Waals surface area (Å²) in [5, 5.41) is 2.52. The third-order valence-electron chi connectivity index (χ3n) is 1.41. The molecule has 1 rings (SSSR count). The fourth-order valence-corrected chi connectivity index (χ4v) is 1.04. The lowest BCUT2D eigenvalue weighted by molar-refractivity contribution is -0.137. The summed E-state index contributed by atoms with van der Waals surface area (Å²) >= 11 is 5.51. The Morgan fingerprint density at radius 3 is 2.46 bits per heavy atom. The first-order valence-electron chi connectivity index (χ1n) is 3.35. The Kier molecular flexibility index (Phi) is 2.66. The van der Waals surface area contributed by atoms with E-state index in [1.165, 1.54) is 7.05 Å². The molecule has 0 spiro atoms. The number of alkyl halides is 3. The number of nitrogens with one attached hydrogen (secondary N) is 1. The molecule has 72 valence electrons. The van der Waals surface area contributed by atoms with Crippen molar-refractivity contribution in [2.24, 2.45) is 0 Å². The van der Waals surface area contributed by atoms with E-state index in [-0.39, 0.29) is 10.8 Å². The Hall–Kier alpha value is -0.970. The molecule has 13 heavy (non-hydrogen) atoms. The number of anilines is 1. The van der Waals surface area contributed by atoms with Crippen LogP contribution in [-0.2, 0) is 6.18 Å². The van der Waals surface area contributed by atoms with Crippen molar-refractivity contribution >= 4 is 17.4 Å². The highest BCUT2D eigenvalue weighted by atomic mass is 35.5. The molecule has 0 saturated carbocycles. The molecule has 0 aromatic carbocycles. The van der Waals surface area contributed by atoms with E-state index in [9.17, 15) is 13.2 Å². The Morgan fingerprint density at radius 1 is 1.46 bits per heavy atom. The van der Waals surface area contributed by atoms with Gasteiger partial charge in [0.15, 0.2) is 0 Å². The molecule has 0 atom stereocenters. The summed E-state index contributed by atoms with van der Waals surface area (Å²) in [4.78, 5) is 3.50. The second-order valence-corrected chi connectivity index (χ2v) is 2.71. The molecule has 1 N–H and O–H groups in total. The average Bonchev–Trinajstić information content (AvgIpc) is 2.02. The van der Waals surface area contributed by atoms with Crippen LogP contribution in [0.3, 0.4) is 0 Å². The summed E-state index contributed by atoms with van der Waals surface area (Å²) in [5.41, 5.74) is -0.850. The van der Waals surface area contributed by atoms with Crippen LogP contribution in [0.1, 0.15) is 5.56 Å². The lowest BCUT2D eigenvalue weighted by Gasteiger charge is -2.08. The standard InChI is InChI=1S/C7H6ClF3N2/c1-12-6-5(8)2-4(3-13-6)7(9,10)11/h2-3H,1H3,(H,12,13). The van der Waals surface area contributed by atoms with Crippen LogP contribution in [0, 0.1) is 0 Å². The van der Waals surface area contributed by atoms with Gasteiger partial charge in [-0.05, 0) is 6.07 Å². The summed E-state index contributed by atoms with van der Waals surface area (Å²) < 4.78 is 36.3. The Morgan fingerprint density at radius 2 is 2.08 bits per heavy atom. The molecule has 0 saturated heterocycles. The zero-order valence-electron chi connectivity index (χ0n) is 6.61. The predicted molar refractivity (Wildman–Crippen MR) is 43.8 cm³/mol. The zero-order chi connectivity index (χ0) is 10.1. The quantitative estimate of drug-likeness (QED) is 0.771. The molecule has 0 aliphatic heterocycles. The minimum atomic E-state index is -4.40. The van der Waals surface area contributed by atoms with E-state index in [0.29, 0.717) is 0 Å². The van der Waals surface area contributed by atoms with E-state index in [4.69, 9.17) is 11.6 Å². The van der Waals surface area contributed by atoms with Gasteiger partial charge in [-0.2, -0.15) is 13.2 Å². The zero-order valence-corrected chi connectivity index (χ0v) is 7.37. The summed E-state index contributed by atoms with van der Waals surface area (Å²) in [6.07, 6.45) is -3.67. The highest BCUT2D eigenvalue weighted by Gasteiger charge is 2.31. The minimum Gasteiger partial charge on any atom is -0.372 e. The highest BCUT2D eigenvalue weighted by molar-refractivity contribution is 6.32. The van der Waals surface area contributed by atoms with E-state index in [2.05, 4.69) is 10.3 Å². The summed E-state index contributed by atoms with van der Waals surface area (Å²) in [7, 11) is 1.53. The third-order valence-corrected chi connectivity index (χ3v) is 1.69. The van der Waals surface area contributed by atoms with Crippen molar-refractivity contribution < 1.29 is 13.2 Å². The van der Waals surface area contributed by atoms with Crippen molar-refractivity contribution in [3.8, 4) is 0 Å². The maximum atomic E-state index is 12.1. The molecule has 1 heterocycles. The maximum Gasteiger partial charge on any atom is 0.417 e. The molecule has 0 bridgehead atoms. The van der Waals surface area contributed by atoms with Crippen molar-refractivity contribution in [2.75, 3.05) is 12.4 Å². The first kappa shape index (κ1) is 10.1. The van der Waals surface area contributed by atoms with Gasteiger partial charge in [-0.25, -0.2) is 4.98 Å². The van der Waals surface area contributed by atoms with E-state index >= 15 is 0 Å². The van der Waals surface area contributed by atoms with Crippen LogP contribution >= 0.6 is 11.6 Å². The van der Waals surface area contributed by atoms with Crippen LogP contribution < -0.4 is 5.32 Å². The van der Waals surface area contributed by atoms with Gasteiger partial charge in [-0.15, -0.1) is 0 Å². The smallest absolute Gasteiger partial charge is 0.372 e. The number of hydrogen-bond acceptors (Lipinski definition) is 2. The van der Waals surface area contributed by atoms with Crippen LogP contribution in [0.25, 0.3) is 0 Å². The van der Waals surface area contributed by atoms with Crippen molar-refractivity contribution in [2.45, 2.75) is 6.18 Å². The Bertz CT molecular complexity index is 311. The van der Waals surface area contributed by atoms with Crippen LogP contribution in [0.5, 0.6) is 0 Å². The van der Waals surface area contributed by atoms with Gasteiger partial charge < -0.3 is 5.32 Å². The van der Waals surface area contributed by atoms with Crippen LogP contribution in [0.4, 0.5) is 19.0 Å². The predicted octanol–water partition coefficient (Wildman–Crippen LogP) is 2.80. The van der Waals surface area contributed by atoms with Gasteiger partial charge in [0.1, 0.15) is 5.82 Å². The van der Waals surface area contributed by atoms with Crippen LogP contribution in [0.15, 0.2) is 12.3 Å². The van der Waals surface area contributed by atoms with Crippen LogP contribution in [0.2, 0.25) is 5.02 Å². The number of nitrogens with zero attached hydrogens (tertiary/aromatic N) is 1. The first-order valence-corrected chi connectivity index (χ1v) is 3.73. The summed E-state index contributed by atoms with van der Waals surface area (Å²) in [6.45, 7) is 0. The molecule has 6 heteroatoms. The lowest BCUT2D eigenvalue weighted by Crippen LogP contribution is -2.06. The van der Waals surface area contributed by atoms with Crippen molar-refractivity contribution in [1.29, 1.82) is 0 Å². The normalized spacial score (nSPS) is 11.5. The number of pyridine rings is 1. The Labute approximate surface area is 77.7 Å². The van der Waals surface area contributed by atoms with Crippen molar-refractivity contribution in [3.05, 3.63) is 22.8 Å². The number of halogens is 4. The van der Waals surface area contributed by atoms with E-state index in [0.717, 1.165) is 12.3 Å². The topological polar surface area (TPSA) is 24.9 Å². The van der Waals surface area contributed by atoms with Gasteiger partial charge in [-0.3, -0.25) is 0 Å². The molecule has 0 aliphatic rings. The molecule has 0 radical (unpaired) electrons. The van der Waals surface area contributed by atoms with Crippen molar-refractivity contribution in [1.82, 2.24) is 4.98 Å². The van der Waals surface area contributed by atoms with Crippen molar-refractivity contribution in [3.63, 3.8) is 0 Å². The molecule has 2 nitrogen and oxygen atoms in total. The molecule has 0 unspecified atom stereocenters. The highest BCUT2D eigenvalue weighted by Crippen LogP contribution is 2.31. The van der Waals surface area contributed by atoms with Gasteiger partial charge in [0.2, 0.25) is 0 Å². The molecule has 0 fully saturated rings. The van der Waals surface area contributed by atoms with Gasteiger partial charge in [0.05, 0.1) is 10.6 Å².